The first kappa shape index (κ1) is 14.3. The molecule has 0 spiro atoms. The van der Waals surface area contributed by atoms with E-state index in [0.717, 1.165) is 29.2 Å². The summed E-state index contributed by atoms with van der Waals surface area (Å²) in [6.45, 7) is 9.44. The highest BCUT2D eigenvalue weighted by Gasteiger charge is 2.11. The Labute approximate surface area is 107 Å². The molecule has 0 aliphatic carbocycles. The van der Waals surface area contributed by atoms with Crippen LogP contribution in [0.15, 0.2) is 17.8 Å². The van der Waals surface area contributed by atoms with Crippen molar-refractivity contribution < 1.29 is 4.74 Å². The first-order chi connectivity index (χ1) is 8.19. The molecule has 1 rings (SSSR count). The third-order valence-electron chi connectivity index (χ3n) is 2.30. The van der Waals surface area contributed by atoms with Crippen molar-refractivity contribution in [2.45, 2.75) is 38.6 Å². The third-order valence-corrected chi connectivity index (χ3v) is 3.30. The van der Waals surface area contributed by atoms with Crippen LogP contribution < -0.4 is 0 Å². The zero-order chi connectivity index (χ0) is 12.7. The normalized spacial score (nSPS) is 11.1. The first-order valence-corrected chi connectivity index (χ1v) is 6.82. The number of thioether (sulfide) groups is 1. The van der Waals surface area contributed by atoms with E-state index in [-0.39, 0.29) is 0 Å². The fourth-order valence-corrected chi connectivity index (χ4v) is 2.57. The molecule has 1 heterocycles. The van der Waals surface area contributed by atoms with Crippen molar-refractivity contribution in [2.24, 2.45) is 5.92 Å². The molecule has 0 aliphatic heterocycles. The van der Waals surface area contributed by atoms with Gasteiger partial charge in [0.05, 0.1) is 0 Å². The Morgan fingerprint density at radius 2 is 2.24 bits per heavy atom. The van der Waals surface area contributed by atoms with Gasteiger partial charge in [0.1, 0.15) is 6.61 Å². The molecule has 4 nitrogen and oxygen atoms in total. The molecule has 0 atom stereocenters. The lowest BCUT2D eigenvalue weighted by Crippen LogP contribution is -2.05. The molecule has 0 aliphatic rings. The van der Waals surface area contributed by atoms with Gasteiger partial charge in [0.2, 0.25) is 0 Å². The van der Waals surface area contributed by atoms with Gasteiger partial charge in [0.15, 0.2) is 11.0 Å². The van der Waals surface area contributed by atoms with Gasteiger partial charge in [-0.25, -0.2) is 0 Å². The smallest absolute Gasteiger partial charge is 0.191 e. The highest BCUT2D eigenvalue weighted by Crippen LogP contribution is 2.20. The molecule has 17 heavy (non-hydrogen) atoms. The Morgan fingerprint density at radius 3 is 2.82 bits per heavy atom. The zero-order valence-electron chi connectivity index (χ0n) is 10.8. The van der Waals surface area contributed by atoms with Gasteiger partial charge in [-0.15, -0.1) is 16.8 Å². The maximum atomic E-state index is 5.10. The van der Waals surface area contributed by atoms with E-state index in [0.29, 0.717) is 6.61 Å². The largest absolute Gasteiger partial charge is 0.377 e. The first-order valence-electron chi connectivity index (χ1n) is 5.83. The SMILES string of the molecule is C=CCn1c(COC)nnc1SCCC(C)C. The molecule has 1 aromatic heterocycles. The summed E-state index contributed by atoms with van der Waals surface area (Å²) in [5.41, 5.74) is 0. The second-order valence-corrected chi connectivity index (χ2v) is 5.32. The van der Waals surface area contributed by atoms with E-state index in [4.69, 9.17) is 4.74 Å². The molecule has 0 amide bonds. The van der Waals surface area contributed by atoms with E-state index < -0.39 is 0 Å². The second kappa shape index (κ2) is 7.50. The predicted octanol–water partition coefficient (Wildman–Crippen LogP) is 2.75. The van der Waals surface area contributed by atoms with Gasteiger partial charge in [-0.3, -0.25) is 0 Å². The quantitative estimate of drug-likeness (QED) is 0.529. The number of nitrogens with zero attached hydrogens (tertiary/aromatic N) is 3. The Morgan fingerprint density at radius 1 is 1.47 bits per heavy atom. The van der Waals surface area contributed by atoms with E-state index >= 15 is 0 Å². The van der Waals surface area contributed by atoms with Crippen molar-refractivity contribution >= 4 is 11.8 Å². The summed E-state index contributed by atoms with van der Waals surface area (Å²) in [6, 6.07) is 0. The van der Waals surface area contributed by atoms with Crippen LogP contribution in [0.2, 0.25) is 0 Å². The molecule has 5 heteroatoms. The fourth-order valence-electron chi connectivity index (χ4n) is 1.36. The Kier molecular flexibility index (Phi) is 6.29. The van der Waals surface area contributed by atoms with E-state index in [9.17, 15) is 0 Å². The van der Waals surface area contributed by atoms with Gasteiger partial charge < -0.3 is 9.30 Å². The zero-order valence-corrected chi connectivity index (χ0v) is 11.7. The van der Waals surface area contributed by atoms with Crippen LogP contribution in [-0.4, -0.2) is 27.6 Å². The molecular weight excluding hydrogens is 234 g/mol. The van der Waals surface area contributed by atoms with Crippen LogP contribution in [0.5, 0.6) is 0 Å². The maximum absolute atomic E-state index is 5.10. The molecule has 96 valence electrons. The topological polar surface area (TPSA) is 39.9 Å². The number of hydrogen-bond acceptors (Lipinski definition) is 4. The average molecular weight is 255 g/mol. The van der Waals surface area contributed by atoms with Crippen LogP contribution in [0.3, 0.4) is 0 Å². The van der Waals surface area contributed by atoms with Crippen LogP contribution in [0.1, 0.15) is 26.1 Å². The van der Waals surface area contributed by atoms with Crippen molar-refractivity contribution in [3.8, 4) is 0 Å². The van der Waals surface area contributed by atoms with Crippen LogP contribution in [0.25, 0.3) is 0 Å². The van der Waals surface area contributed by atoms with Gasteiger partial charge >= 0.3 is 0 Å². The summed E-state index contributed by atoms with van der Waals surface area (Å²) in [5.74, 6) is 2.65. The van der Waals surface area contributed by atoms with Crippen molar-refractivity contribution in [1.29, 1.82) is 0 Å². The highest BCUT2D eigenvalue weighted by atomic mass is 32.2. The average Bonchev–Trinajstić information content (AvgIpc) is 2.63. The van der Waals surface area contributed by atoms with Crippen LogP contribution in [0, 0.1) is 5.92 Å². The van der Waals surface area contributed by atoms with Gasteiger partial charge in [0.25, 0.3) is 0 Å². The lowest BCUT2D eigenvalue weighted by Gasteiger charge is -2.07. The summed E-state index contributed by atoms with van der Waals surface area (Å²) in [4.78, 5) is 0. The Hall–Kier alpha value is -0.810. The maximum Gasteiger partial charge on any atom is 0.191 e. The summed E-state index contributed by atoms with van der Waals surface area (Å²) < 4.78 is 7.16. The van der Waals surface area contributed by atoms with E-state index in [1.54, 1.807) is 18.9 Å². The molecule has 0 aromatic carbocycles. The lowest BCUT2D eigenvalue weighted by molar-refractivity contribution is 0.174. The minimum absolute atomic E-state index is 0.492. The van der Waals surface area contributed by atoms with Gasteiger partial charge in [0, 0.05) is 19.4 Å². The Balaban J connectivity index is 2.66. The molecule has 0 fully saturated rings. The number of ether oxygens (including phenoxy) is 1. The van der Waals surface area contributed by atoms with E-state index in [1.165, 1.54) is 6.42 Å². The van der Waals surface area contributed by atoms with Gasteiger partial charge in [-0.05, 0) is 12.3 Å². The number of aromatic nitrogens is 3. The number of methoxy groups -OCH3 is 1. The van der Waals surface area contributed by atoms with Gasteiger partial charge in [-0.1, -0.05) is 31.7 Å². The summed E-state index contributed by atoms with van der Waals surface area (Å²) >= 11 is 1.75. The molecular formula is C12H21N3OS. The van der Waals surface area contributed by atoms with Crippen molar-refractivity contribution in [3.05, 3.63) is 18.5 Å². The minimum Gasteiger partial charge on any atom is -0.377 e. The summed E-state index contributed by atoms with van der Waals surface area (Å²) in [7, 11) is 1.67. The molecule has 0 saturated heterocycles. The summed E-state index contributed by atoms with van der Waals surface area (Å²) in [5, 5.41) is 9.30. The predicted molar refractivity (Wildman–Crippen MR) is 71.1 cm³/mol. The third kappa shape index (κ3) is 4.52. The van der Waals surface area contributed by atoms with Crippen LogP contribution in [-0.2, 0) is 17.9 Å². The number of rotatable bonds is 8. The number of hydrogen-bond donors (Lipinski definition) is 0. The number of allylic oxidation sites excluding steroid dienone is 1. The van der Waals surface area contributed by atoms with Crippen LogP contribution in [0.4, 0.5) is 0 Å². The van der Waals surface area contributed by atoms with E-state index in [2.05, 4.69) is 35.2 Å². The van der Waals surface area contributed by atoms with E-state index in [1.807, 2.05) is 6.08 Å². The van der Waals surface area contributed by atoms with Crippen LogP contribution >= 0.6 is 11.8 Å². The van der Waals surface area contributed by atoms with Crippen molar-refractivity contribution in [3.63, 3.8) is 0 Å². The second-order valence-electron chi connectivity index (χ2n) is 4.26. The monoisotopic (exact) mass is 255 g/mol. The highest BCUT2D eigenvalue weighted by molar-refractivity contribution is 7.99. The minimum atomic E-state index is 0.492. The lowest BCUT2D eigenvalue weighted by atomic mass is 10.2. The van der Waals surface area contributed by atoms with Gasteiger partial charge in [-0.2, -0.15) is 0 Å². The molecule has 1 aromatic rings. The van der Waals surface area contributed by atoms with Crippen molar-refractivity contribution in [1.82, 2.24) is 14.8 Å². The van der Waals surface area contributed by atoms with Crippen molar-refractivity contribution in [2.75, 3.05) is 12.9 Å². The molecule has 0 N–H and O–H groups in total. The standard InChI is InChI=1S/C12H21N3OS/c1-5-7-15-11(9-16-4)13-14-12(15)17-8-6-10(2)3/h5,10H,1,6-9H2,2-4H3. The molecule has 0 bridgehead atoms. The molecule has 0 unspecified atom stereocenters. The summed E-state index contributed by atoms with van der Waals surface area (Å²) in [6.07, 6.45) is 3.04. The fraction of sp³-hybridized carbons (Fsp3) is 0.667. The Bertz CT molecular complexity index is 350. The molecule has 0 saturated carbocycles. The molecule has 0 radical (unpaired) electrons.